The molecular formula is C12H15FO2. The van der Waals surface area contributed by atoms with E-state index in [9.17, 15) is 9.18 Å². The van der Waals surface area contributed by atoms with Gasteiger partial charge in [-0.2, -0.15) is 0 Å². The molecule has 0 saturated heterocycles. The number of rotatable bonds is 4. The first kappa shape index (κ1) is 11.7. The van der Waals surface area contributed by atoms with E-state index in [0.29, 0.717) is 6.42 Å². The lowest BCUT2D eigenvalue weighted by molar-refractivity contribution is -0.114. The van der Waals surface area contributed by atoms with Gasteiger partial charge < -0.3 is 9.53 Å². The maximum atomic E-state index is 13.3. The predicted molar refractivity (Wildman–Crippen MR) is 56.5 cm³/mol. The van der Waals surface area contributed by atoms with Crippen molar-refractivity contribution in [3.05, 3.63) is 29.6 Å². The average Bonchev–Trinajstić information content (AvgIpc) is 2.17. The van der Waals surface area contributed by atoms with E-state index in [1.165, 1.54) is 13.2 Å². The van der Waals surface area contributed by atoms with Crippen LogP contribution in [0.15, 0.2) is 18.2 Å². The van der Waals surface area contributed by atoms with Crippen LogP contribution in [0.4, 0.5) is 4.39 Å². The molecule has 0 spiro atoms. The number of aldehydes is 1. The van der Waals surface area contributed by atoms with E-state index < -0.39 is 11.2 Å². The lowest BCUT2D eigenvalue weighted by atomic mass is 9.87. The molecule has 0 unspecified atom stereocenters. The normalized spacial score (nSPS) is 11.2. The van der Waals surface area contributed by atoms with E-state index in [4.69, 9.17) is 4.74 Å². The fraction of sp³-hybridized carbons (Fsp3) is 0.417. The Morgan fingerprint density at radius 2 is 2.13 bits per heavy atom. The van der Waals surface area contributed by atoms with Crippen molar-refractivity contribution in [1.82, 2.24) is 0 Å². The number of benzene rings is 1. The second-order valence-corrected chi connectivity index (χ2v) is 4.25. The molecule has 0 aliphatic carbocycles. The fourth-order valence-corrected chi connectivity index (χ4v) is 1.39. The monoisotopic (exact) mass is 210 g/mol. The Labute approximate surface area is 89.1 Å². The number of ether oxygens (including phenoxy) is 1. The van der Waals surface area contributed by atoms with Crippen molar-refractivity contribution in [3.63, 3.8) is 0 Å². The first-order chi connectivity index (χ1) is 6.98. The molecule has 3 heteroatoms. The van der Waals surface area contributed by atoms with Crippen molar-refractivity contribution in [3.8, 4) is 5.75 Å². The molecule has 0 amide bonds. The van der Waals surface area contributed by atoms with Gasteiger partial charge in [-0.1, -0.05) is 19.9 Å². The predicted octanol–water partition coefficient (Wildman–Crippen LogP) is 2.60. The van der Waals surface area contributed by atoms with Crippen LogP contribution in [-0.4, -0.2) is 13.4 Å². The number of carbonyl (C=O) groups excluding carboxylic acids is 1. The summed E-state index contributed by atoms with van der Waals surface area (Å²) >= 11 is 0. The molecule has 0 aliphatic rings. The molecular weight excluding hydrogens is 195 g/mol. The van der Waals surface area contributed by atoms with Crippen LogP contribution in [-0.2, 0) is 11.2 Å². The fourth-order valence-electron chi connectivity index (χ4n) is 1.39. The summed E-state index contributed by atoms with van der Waals surface area (Å²) in [7, 11) is 1.42. The summed E-state index contributed by atoms with van der Waals surface area (Å²) in [5.74, 6) is -0.167. The molecule has 0 fully saturated rings. The summed E-state index contributed by atoms with van der Waals surface area (Å²) in [6, 6.07) is 4.75. The molecule has 0 bridgehead atoms. The maximum absolute atomic E-state index is 13.3. The molecule has 2 nitrogen and oxygen atoms in total. The van der Waals surface area contributed by atoms with E-state index in [1.54, 1.807) is 12.1 Å². The minimum absolute atomic E-state index is 0.225. The second kappa shape index (κ2) is 4.43. The quantitative estimate of drug-likeness (QED) is 0.714. The standard InChI is InChI=1S/C12H15FO2/c1-12(2,8-14)7-9-4-5-11(15-3)10(13)6-9/h4-6,8H,7H2,1-3H3. The van der Waals surface area contributed by atoms with E-state index in [2.05, 4.69) is 0 Å². The highest BCUT2D eigenvalue weighted by Gasteiger charge is 2.17. The summed E-state index contributed by atoms with van der Waals surface area (Å²) in [6.45, 7) is 3.64. The summed E-state index contributed by atoms with van der Waals surface area (Å²) in [5, 5.41) is 0. The maximum Gasteiger partial charge on any atom is 0.165 e. The summed E-state index contributed by atoms with van der Waals surface area (Å²) in [5.41, 5.74) is 0.339. The summed E-state index contributed by atoms with van der Waals surface area (Å²) in [6.07, 6.45) is 1.41. The Morgan fingerprint density at radius 3 is 2.60 bits per heavy atom. The molecule has 0 atom stereocenters. The van der Waals surface area contributed by atoms with Crippen molar-refractivity contribution < 1.29 is 13.9 Å². The minimum Gasteiger partial charge on any atom is -0.494 e. The van der Waals surface area contributed by atoms with Gasteiger partial charge in [0.15, 0.2) is 11.6 Å². The molecule has 1 rings (SSSR count). The lowest BCUT2D eigenvalue weighted by Gasteiger charge is -2.16. The molecule has 0 saturated carbocycles. The van der Waals surface area contributed by atoms with E-state index in [-0.39, 0.29) is 5.75 Å². The van der Waals surface area contributed by atoms with E-state index in [1.807, 2.05) is 13.8 Å². The van der Waals surface area contributed by atoms with Crippen LogP contribution in [0.3, 0.4) is 0 Å². The van der Waals surface area contributed by atoms with Gasteiger partial charge in [-0.25, -0.2) is 4.39 Å². The highest BCUT2D eigenvalue weighted by atomic mass is 19.1. The molecule has 0 aliphatic heterocycles. The number of hydrogen-bond donors (Lipinski definition) is 0. The summed E-state index contributed by atoms with van der Waals surface area (Å²) in [4.78, 5) is 10.7. The van der Waals surface area contributed by atoms with Crippen molar-refractivity contribution in [2.45, 2.75) is 20.3 Å². The van der Waals surface area contributed by atoms with Gasteiger partial charge in [0.1, 0.15) is 6.29 Å². The largest absolute Gasteiger partial charge is 0.494 e. The third-order valence-corrected chi connectivity index (χ3v) is 2.19. The third kappa shape index (κ3) is 3.05. The molecule has 0 heterocycles. The number of hydrogen-bond acceptors (Lipinski definition) is 2. The van der Waals surface area contributed by atoms with Gasteiger partial charge in [-0.05, 0) is 24.1 Å². The molecule has 0 aromatic heterocycles. The van der Waals surface area contributed by atoms with Crippen molar-refractivity contribution in [2.24, 2.45) is 5.41 Å². The summed E-state index contributed by atoms with van der Waals surface area (Å²) < 4.78 is 18.1. The number of carbonyl (C=O) groups is 1. The second-order valence-electron chi connectivity index (χ2n) is 4.25. The van der Waals surface area contributed by atoms with Gasteiger partial charge in [-0.15, -0.1) is 0 Å². The SMILES string of the molecule is COc1ccc(CC(C)(C)C=O)cc1F. The molecule has 1 aromatic rings. The van der Waals surface area contributed by atoms with Gasteiger partial charge in [0.25, 0.3) is 0 Å². The first-order valence-corrected chi connectivity index (χ1v) is 4.77. The molecule has 82 valence electrons. The molecule has 0 N–H and O–H groups in total. The number of methoxy groups -OCH3 is 1. The van der Waals surface area contributed by atoms with Crippen LogP contribution >= 0.6 is 0 Å². The van der Waals surface area contributed by atoms with Crippen LogP contribution in [0.25, 0.3) is 0 Å². The van der Waals surface area contributed by atoms with Crippen LogP contribution in [0.2, 0.25) is 0 Å². The van der Waals surface area contributed by atoms with Crippen LogP contribution in [0.5, 0.6) is 5.75 Å². The highest BCUT2D eigenvalue weighted by Crippen LogP contribution is 2.23. The van der Waals surface area contributed by atoms with Crippen molar-refractivity contribution in [1.29, 1.82) is 0 Å². The van der Waals surface area contributed by atoms with Gasteiger partial charge >= 0.3 is 0 Å². The Morgan fingerprint density at radius 1 is 1.47 bits per heavy atom. The number of halogens is 1. The molecule has 0 radical (unpaired) electrons. The van der Waals surface area contributed by atoms with Gasteiger partial charge in [0.2, 0.25) is 0 Å². The molecule has 1 aromatic carbocycles. The van der Waals surface area contributed by atoms with Gasteiger partial charge in [0, 0.05) is 5.41 Å². The minimum atomic E-state index is -0.457. The zero-order valence-corrected chi connectivity index (χ0v) is 9.21. The smallest absolute Gasteiger partial charge is 0.165 e. The van der Waals surface area contributed by atoms with Crippen LogP contribution < -0.4 is 4.74 Å². The van der Waals surface area contributed by atoms with E-state index >= 15 is 0 Å². The average molecular weight is 210 g/mol. The highest BCUT2D eigenvalue weighted by molar-refractivity contribution is 5.58. The van der Waals surface area contributed by atoms with Crippen LogP contribution in [0, 0.1) is 11.2 Å². The lowest BCUT2D eigenvalue weighted by Crippen LogP contribution is -2.16. The zero-order valence-electron chi connectivity index (χ0n) is 9.21. The Hall–Kier alpha value is -1.38. The van der Waals surface area contributed by atoms with Gasteiger partial charge in [-0.3, -0.25) is 0 Å². The van der Waals surface area contributed by atoms with Crippen molar-refractivity contribution in [2.75, 3.05) is 7.11 Å². The zero-order chi connectivity index (χ0) is 11.5. The Kier molecular flexibility index (Phi) is 3.45. The topological polar surface area (TPSA) is 26.3 Å². The van der Waals surface area contributed by atoms with Gasteiger partial charge in [0.05, 0.1) is 7.11 Å². The third-order valence-electron chi connectivity index (χ3n) is 2.19. The van der Waals surface area contributed by atoms with Crippen molar-refractivity contribution >= 4 is 6.29 Å². The van der Waals surface area contributed by atoms with Crippen LogP contribution in [0.1, 0.15) is 19.4 Å². The Balaban J connectivity index is 2.89. The first-order valence-electron chi connectivity index (χ1n) is 4.77. The van der Waals surface area contributed by atoms with E-state index in [0.717, 1.165) is 11.8 Å². The molecule has 15 heavy (non-hydrogen) atoms. The Bertz CT molecular complexity index is 359.